The van der Waals surface area contributed by atoms with Crippen molar-refractivity contribution in [1.29, 1.82) is 0 Å². The Morgan fingerprint density at radius 1 is 0.781 bits per heavy atom. The lowest BCUT2D eigenvalue weighted by atomic mass is 10.1. The van der Waals surface area contributed by atoms with E-state index in [1.807, 2.05) is 54.6 Å². The number of carbonyl (C=O) groups excluding carboxylic acids is 1. The number of carboxylic acid groups (broad SMARTS) is 1. The summed E-state index contributed by atoms with van der Waals surface area (Å²) in [4.78, 5) is 22.9. The van der Waals surface area contributed by atoms with Gasteiger partial charge in [-0.25, -0.2) is 4.79 Å². The fraction of sp³-hybridized carbons (Fsp3) is 0.200. The lowest BCUT2D eigenvalue weighted by molar-refractivity contribution is -0.115. The van der Waals surface area contributed by atoms with Crippen LogP contribution in [0.4, 0.5) is 5.69 Å². The smallest absolute Gasteiger partial charge is 0.335 e. The highest BCUT2D eigenvalue weighted by Gasteiger charge is 2.04. The van der Waals surface area contributed by atoms with Crippen LogP contribution in [0.1, 0.15) is 22.3 Å². The molecule has 0 saturated carbocycles. The maximum Gasteiger partial charge on any atom is 0.335 e. The second-order valence-corrected chi connectivity index (χ2v) is 7.20. The van der Waals surface area contributed by atoms with Gasteiger partial charge in [0.25, 0.3) is 0 Å². The molecule has 0 atom stereocenters. The number of amides is 1. The van der Waals surface area contributed by atoms with Gasteiger partial charge in [0.1, 0.15) is 11.5 Å². The Morgan fingerprint density at radius 3 is 2.12 bits per heavy atom. The summed E-state index contributed by atoms with van der Waals surface area (Å²) in [6.45, 7) is 2.41. The van der Waals surface area contributed by atoms with Crippen molar-refractivity contribution < 1.29 is 19.4 Å². The zero-order chi connectivity index (χ0) is 22.6. The van der Waals surface area contributed by atoms with Crippen LogP contribution in [0.2, 0.25) is 0 Å². The van der Waals surface area contributed by atoms with E-state index >= 15 is 0 Å². The highest BCUT2D eigenvalue weighted by Crippen LogP contribution is 2.22. The first-order chi connectivity index (χ1) is 15.6. The molecule has 0 bridgehead atoms. The summed E-state index contributed by atoms with van der Waals surface area (Å²) in [5.74, 6) is 0.443. The molecule has 0 spiro atoms. The van der Waals surface area contributed by atoms with Crippen molar-refractivity contribution in [3.05, 3.63) is 90.0 Å². The highest BCUT2D eigenvalue weighted by atomic mass is 16.5. The van der Waals surface area contributed by atoms with Crippen LogP contribution in [-0.4, -0.2) is 36.6 Å². The van der Waals surface area contributed by atoms with Crippen molar-refractivity contribution in [2.45, 2.75) is 13.0 Å². The Kier molecular flexibility index (Phi) is 8.80. The van der Waals surface area contributed by atoms with E-state index in [4.69, 9.17) is 9.84 Å². The molecule has 0 radical (unpaired) electrons. The number of carboxylic acids is 1. The van der Waals surface area contributed by atoms with Crippen LogP contribution in [0.15, 0.2) is 78.9 Å². The number of ether oxygens (including phenoxy) is 1. The average molecular weight is 434 g/mol. The van der Waals surface area contributed by atoms with Gasteiger partial charge in [0.15, 0.2) is 0 Å². The van der Waals surface area contributed by atoms with Gasteiger partial charge in [-0.05, 0) is 73.6 Å². The van der Waals surface area contributed by atoms with Crippen molar-refractivity contribution in [3.8, 4) is 11.5 Å². The summed E-state index contributed by atoms with van der Waals surface area (Å²) in [6, 6.07) is 23.6. The normalized spacial score (nSPS) is 10.5. The van der Waals surface area contributed by atoms with Crippen LogP contribution < -0.4 is 20.7 Å². The summed E-state index contributed by atoms with van der Waals surface area (Å²) in [5.41, 5.74) is 2.03. The van der Waals surface area contributed by atoms with Gasteiger partial charge in [-0.15, -0.1) is 0 Å². The topological polar surface area (TPSA) is 99.7 Å². The molecule has 0 aliphatic heterocycles. The summed E-state index contributed by atoms with van der Waals surface area (Å²) in [5, 5.41) is 18.2. The van der Waals surface area contributed by atoms with Crippen molar-refractivity contribution in [3.63, 3.8) is 0 Å². The largest absolute Gasteiger partial charge is 0.478 e. The molecule has 3 rings (SSSR count). The summed E-state index contributed by atoms with van der Waals surface area (Å²) in [7, 11) is 0. The van der Waals surface area contributed by atoms with E-state index in [-0.39, 0.29) is 18.0 Å². The van der Waals surface area contributed by atoms with Gasteiger partial charge >= 0.3 is 5.97 Å². The van der Waals surface area contributed by atoms with Crippen LogP contribution in [0.25, 0.3) is 0 Å². The van der Waals surface area contributed by atoms with Gasteiger partial charge in [-0.1, -0.05) is 30.3 Å². The number of rotatable bonds is 12. The zero-order valence-corrected chi connectivity index (χ0v) is 17.7. The van der Waals surface area contributed by atoms with Gasteiger partial charge < -0.3 is 25.8 Å². The SMILES string of the molecule is O=C(CNCCCNCc1ccc(C(=O)O)cc1)Nc1ccc(Oc2ccccc2)cc1. The molecule has 7 heteroatoms. The van der Waals surface area contributed by atoms with Crippen LogP contribution in [-0.2, 0) is 11.3 Å². The molecular weight excluding hydrogens is 406 g/mol. The van der Waals surface area contributed by atoms with Crippen molar-refractivity contribution in [2.24, 2.45) is 0 Å². The standard InChI is InChI=1S/C25H27N3O4/c29-24(28-21-11-13-23(14-12-21)32-22-5-2-1-3-6-22)18-27-16-4-15-26-17-19-7-9-20(10-8-19)25(30)31/h1-3,5-14,26-27H,4,15-18H2,(H,28,29)(H,30,31). The number of hydrogen-bond donors (Lipinski definition) is 4. The number of nitrogens with one attached hydrogen (secondary N) is 3. The Balaban J connectivity index is 1.26. The Bertz CT molecular complexity index is 990. The molecule has 0 aliphatic carbocycles. The molecule has 32 heavy (non-hydrogen) atoms. The molecule has 0 fully saturated rings. The predicted molar refractivity (Wildman–Crippen MR) is 124 cm³/mol. The minimum Gasteiger partial charge on any atom is -0.478 e. The van der Waals surface area contributed by atoms with Gasteiger partial charge in [-0.3, -0.25) is 4.79 Å². The summed E-state index contributed by atoms with van der Waals surface area (Å²) < 4.78 is 5.74. The molecule has 3 aromatic rings. The molecule has 0 heterocycles. The maximum atomic E-state index is 12.1. The first kappa shape index (κ1) is 23.0. The van der Waals surface area contributed by atoms with Gasteiger partial charge in [-0.2, -0.15) is 0 Å². The van der Waals surface area contributed by atoms with Gasteiger partial charge in [0.05, 0.1) is 12.1 Å². The number of benzene rings is 3. The van der Waals surface area contributed by atoms with Crippen LogP contribution >= 0.6 is 0 Å². The first-order valence-electron chi connectivity index (χ1n) is 10.5. The highest BCUT2D eigenvalue weighted by molar-refractivity contribution is 5.92. The van der Waals surface area contributed by atoms with E-state index in [0.29, 0.717) is 24.5 Å². The average Bonchev–Trinajstić information content (AvgIpc) is 2.81. The minimum atomic E-state index is -0.922. The molecule has 0 aromatic heterocycles. The fourth-order valence-electron chi connectivity index (χ4n) is 2.97. The Hall–Kier alpha value is -3.68. The molecule has 0 unspecified atom stereocenters. The van der Waals surface area contributed by atoms with E-state index in [2.05, 4.69) is 16.0 Å². The van der Waals surface area contributed by atoms with Crippen LogP contribution in [0.3, 0.4) is 0 Å². The molecular formula is C25H27N3O4. The maximum absolute atomic E-state index is 12.1. The first-order valence-corrected chi connectivity index (χ1v) is 10.5. The lowest BCUT2D eigenvalue weighted by Crippen LogP contribution is -2.30. The second kappa shape index (κ2) is 12.2. The van der Waals surface area contributed by atoms with Crippen LogP contribution in [0, 0.1) is 0 Å². The number of carbonyl (C=O) groups is 2. The molecule has 1 amide bonds. The Morgan fingerprint density at radius 2 is 1.44 bits per heavy atom. The van der Waals surface area contributed by atoms with E-state index in [1.54, 1.807) is 24.3 Å². The van der Waals surface area contributed by atoms with Crippen molar-refractivity contribution >= 4 is 17.6 Å². The third kappa shape index (κ3) is 7.86. The molecule has 0 saturated heterocycles. The number of anilines is 1. The quantitative estimate of drug-likeness (QED) is 0.324. The molecule has 0 aliphatic rings. The van der Waals surface area contributed by atoms with Crippen LogP contribution in [0.5, 0.6) is 11.5 Å². The van der Waals surface area contributed by atoms with Crippen molar-refractivity contribution in [1.82, 2.24) is 10.6 Å². The zero-order valence-electron chi connectivity index (χ0n) is 17.7. The third-order valence-electron chi connectivity index (χ3n) is 4.64. The molecule has 166 valence electrons. The van der Waals surface area contributed by atoms with E-state index in [9.17, 15) is 9.59 Å². The van der Waals surface area contributed by atoms with E-state index in [1.165, 1.54) is 0 Å². The number of para-hydroxylation sites is 1. The Labute approximate surface area is 187 Å². The summed E-state index contributed by atoms with van der Waals surface area (Å²) >= 11 is 0. The number of hydrogen-bond acceptors (Lipinski definition) is 5. The monoisotopic (exact) mass is 433 g/mol. The number of aromatic carboxylic acids is 1. The molecule has 7 nitrogen and oxygen atoms in total. The lowest BCUT2D eigenvalue weighted by Gasteiger charge is -2.09. The van der Waals surface area contributed by atoms with Gasteiger partial charge in [0.2, 0.25) is 5.91 Å². The summed E-state index contributed by atoms with van der Waals surface area (Å²) in [6.07, 6.45) is 0.867. The molecule has 4 N–H and O–H groups in total. The minimum absolute atomic E-state index is 0.104. The van der Waals surface area contributed by atoms with E-state index < -0.39 is 5.97 Å². The van der Waals surface area contributed by atoms with Gasteiger partial charge in [0, 0.05) is 12.2 Å². The predicted octanol–water partition coefficient (Wildman–Crippen LogP) is 3.89. The second-order valence-electron chi connectivity index (χ2n) is 7.20. The fourth-order valence-corrected chi connectivity index (χ4v) is 2.97. The van der Waals surface area contributed by atoms with E-state index in [0.717, 1.165) is 24.3 Å². The van der Waals surface area contributed by atoms with Crippen molar-refractivity contribution in [2.75, 3.05) is 25.0 Å². The molecule has 3 aromatic carbocycles. The third-order valence-corrected chi connectivity index (χ3v) is 4.64.